The minimum absolute atomic E-state index is 0.173. The molecule has 2 aromatic heterocycles. The van der Waals surface area contributed by atoms with E-state index in [9.17, 15) is 13.2 Å². The first kappa shape index (κ1) is 21.5. The number of benzene rings is 2. The van der Waals surface area contributed by atoms with Crippen molar-refractivity contribution in [3.05, 3.63) is 66.1 Å². The molecule has 0 aliphatic heterocycles. The van der Waals surface area contributed by atoms with Gasteiger partial charge in [-0.05, 0) is 47.8 Å². The maximum Gasteiger partial charge on any atom is 0.433 e. The molecular formula is C21H19F3N5PS. The molecule has 10 heteroatoms. The van der Waals surface area contributed by atoms with Gasteiger partial charge in [0.15, 0.2) is 0 Å². The number of halogens is 3. The molecule has 4 rings (SSSR count). The number of H-pyrrole nitrogens is 1. The van der Waals surface area contributed by atoms with Crippen LogP contribution in [0.15, 0.2) is 59.5 Å². The molecule has 0 radical (unpaired) electrons. The third-order valence-corrected chi connectivity index (χ3v) is 5.77. The van der Waals surface area contributed by atoms with Gasteiger partial charge in [0.25, 0.3) is 0 Å². The summed E-state index contributed by atoms with van der Waals surface area (Å²) in [5, 5.41) is 7.10. The maximum absolute atomic E-state index is 13.1. The fraction of sp³-hybridized carbons (Fsp3) is 0.143. The second kappa shape index (κ2) is 8.77. The predicted molar refractivity (Wildman–Crippen MR) is 124 cm³/mol. The van der Waals surface area contributed by atoms with Gasteiger partial charge in [-0.25, -0.2) is 9.97 Å². The number of alkyl halides is 3. The number of anilines is 3. The van der Waals surface area contributed by atoms with Crippen LogP contribution >= 0.6 is 21.0 Å². The Hall–Kier alpha value is -2.77. The number of nitrogens with one attached hydrogen (secondary N) is 3. The highest BCUT2D eigenvalue weighted by molar-refractivity contribution is 7.98. The monoisotopic (exact) mass is 461 g/mol. The maximum atomic E-state index is 13.1. The van der Waals surface area contributed by atoms with Crippen molar-refractivity contribution in [2.24, 2.45) is 0 Å². The summed E-state index contributed by atoms with van der Waals surface area (Å²) >= 11 is 1.27. The predicted octanol–water partition coefficient (Wildman–Crippen LogP) is 5.55. The zero-order valence-electron chi connectivity index (χ0n) is 16.4. The van der Waals surface area contributed by atoms with E-state index in [1.807, 2.05) is 42.5 Å². The van der Waals surface area contributed by atoms with Crippen molar-refractivity contribution in [2.75, 3.05) is 17.7 Å². The second-order valence-corrected chi connectivity index (χ2v) is 8.49. The minimum atomic E-state index is -4.50. The number of hydrogen-bond acceptors (Lipinski definition) is 5. The molecule has 31 heavy (non-hydrogen) atoms. The fourth-order valence-electron chi connectivity index (χ4n) is 3.00. The van der Waals surface area contributed by atoms with Crippen LogP contribution in [0.2, 0.25) is 0 Å². The van der Waals surface area contributed by atoms with Crippen LogP contribution < -0.4 is 15.9 Å². The molecule has 0 saturated carbocycles. The second-order valence-electron chi connectivity index (χ2n) is 6.78. The van der Waals surface area contributed by atoms with Crippen molar-refractivity contribution in [1.82, 2.24) is 15.0 Å². The quantitative estimate of drug-likeness (QED) is 0.259. The number of aromatic amines is 1. The lowest BCUT2D eigenvalue weighted by atomic mass is 10.2. The van der Waals surface area contributed by atoms with E-state index in [1.165, 1.54) is 18.8 Å². The normalized spacial score (nSPS) is 11.6. The SMILES string of the molecule is CNc1cc(SCc2nc3cc(Nc4cccc(P)c4)ccc3[nH]2)cc(C(F)(F)F)n1. The first-order valence-corrected chi connectivity index (χ1v) is 10.9. The summed E-state index contributed by atoms with van der Waals surface area (Å²) in [6.07, 6.45) is -4.50. The van der Waals surface area contributed by atoms with E-state index in [4.69, 9.17) is 0 Å². The van der Waals surface area contributed by atoms with Gasteiger partial charge < -0.3 is 15.6 Å². The summed E-state index contributed by atoms with van der Waals surface area (Å²) < 4.78 is 39.2. The van der Waals surface area contributed by atoms with Gasteiger partial charge in [-0.1, -0.05) is 12.1 Å². The van der Waals surface area contributed by atoms with E-state index in [0.717, 1.165) is 33.8 Å². The molecule has 5 nitrogen and oxygen atoms in total. The molecule has 0 spiro atoms. The number of hydrogen-bond donors (Lipinski definition) is 3. The Bertz CT molecular complexity index is 1230. The lowest BCUT2D eigenvalue weighted by molar-refractivity contribution is -0.141. The molecule has 0 aliphatic rings. The van der Waals surface area contributed by atoms with Crippen LogP contribution in [0.1, 0.15) is 11.5 Å². The van der Waals surface area contributed by atoms with Crippen LogP contribution in [0.25, 0.3) is 11.0 Å². The van der Waals surface area contributed by atoms with Crippen molar-refractivity contribution >= 4 is 54.5 Å². The third-order valence-electron chi connectivity index (χ3n) is 4.43. The van der Waals surface area contributed by atoms with Crippen molar-refractivity contribution < 1.29 is 13.2 Å². The molecule has 0 aliphatic carbocycles. The van der Waals surface area contributed by atoms with Crippen molar-refractivity contribution in [1.29, 1.82) is 0 Å². The molecule has 160 valence electrons. The zero-order valence-corrected chi connectivity index (χ0v) is 18.4. The van der Waals surface area contributed by atoms with E-state index in [-0.39, 0.29) is 5.82 Å². The van der Waals surface area contributed by atoms with Crippen molar-refractivity contribution in [3.8, 4) is 0 Å². The largest absolute Gasteiger partial charge is 0.433 e. The molecule has 0 amide bonds. The standard InChI is InChI=1S/C21H19F3N5PS/c1-25-19-10-15(9-18(29-19)21(22,23)24)31-11-20-27-16-6-5-13(8-17(16)28-20)26-12-3-2-4-14(30)7-12/h2-10,26H,11,30H2,1H3,(H,25,29)(H,27,28). The van der Waals surface area contributed by atoms with Crippen LogP contribution in [-0.4, -0.2) is 22.0 Å². The van der Waals surface area contributed by atoms with Crippen LogP contribution in [-0.2, 0) is 11.9 Å². The number of aromatic nitrogens is 3. The molecule has 3 N–H and O–H groups in total. The Morgan fingerprint density at radius 1 is 1.03 bits per heavy atom. The fourth-order valence-corrected chi connectivity index (χ4v) is 4.12. The zero-order chi connectivity index (χ0) is 22.0. The Kier molecular flexibility index (Phi) is 6.07. The number of imidazole rings is 1. The van der Waals surface area contributed by atoms with Crippen molar-refractivity contribution in [3.63, 3.8) is 0 Å². The van der Waals surface area contributed by atoms with Crippen molar-refractivity contribution in [2.45, 2.75) is 16.8 Å². The van der Waals surface area contributed by atoms with E-state index in [1.54, 1.807) is 6.07 Å². The van der Waals surface area contributed by atoms with Gasteiger partial charge in [-0.3, -0.25) is 0 Å². The molecule has 0 saturated heterocycles. The third kappa shape index (κ3) is 5.29. The average Bonchev–Trinajstić information content (AvgIpc) is 3.13. The molecular weight excluding hydrogens is 442 g/mol. The van der Waals surface area contributed by atoms with E-state index in [2.05, 4.69) is 34.8 Å². The van der Waals surface area contributed by atoms with Gasteiger partial charge in [-0.2, -0.15) is 13.2 Å². The van der Waals surface area contributed by atoms with Crippen LogP contribution in [0.5, 0.6) is 0 Å². The lowest BCUT2D eigenvalue weighted by Gasteiger charge is -2.10. The smallest absolute Gasteiger partial charge is 0.373 e. The highest BCUT2D eigenvalue weighted by atomic mass is 32.2. The summed E-state index contributed by atoms with van der Waals surface area (Å²) in [5.41, 5.74) is 2.59. The van der Waals surface area contributed by atoms with E-state index < -0.39 is 11.9 Å². The van der Waals surface area contributed by atoms with Gasteiger partial charge in [-0.15, -0.1) is 21.0 Å². The number of nitrogens with zero attached hydrogens (tertiary/aromatic N) is 2. The molecule has 2 aromatic carbocycles. The topological polar surface area (TPSA) is 65.6 Å². The highest BCUT2D eigenvalue weighted by Gasteiger charge is 2.33. The number of rotatable bonds is 6. The first-order valence-electron chi connectivity index (χ1n) is 9.31. The Morgan fingerprint density at radius 2 is 1.84 bits per heavy atom. The highest BCUT2D eigenvalue weighted by Crippen LogP contribution is 2.33. The summed E-state index contributed by atoms with van der Waals surface area (Å²) in [6.45, 7) is 0. The first-order chi connectivity index (χ1) is 14.8. The Balaban J connectivity index is 1.51. The van der Waals surface area contributed by atoms with Gasteiger partial charge in [0.2, 0.25) is 0 Å². The summed E-state index contributed by atoms with van der Waals surface area (Å²) in [7, 11) is 4.20. The van der Waals surface area contributed by atoms with Gasteiger partial charge in [0, 0.05) is 23.3 Å². The van der Waals surface area contributed by atoms with Gasteiger partial charge in [0.1, 0.15) is 17.3 Å². The number of thioether (sulfide) groups is 1. The molecule has 1 atom stereocenters. The number of pyridine rings is 1. The summed E-state index contributed by atoms with van der Waals surface area (Å²) in [6, 6.07) is 16.4. The minimum Gasteiger partial charge on any atom is -0.373 e. The lowest BCUT2D eigenvalue weighted by Crippen LogP contribution is -2.09. The number of fused-ring (bicyclic) bond motifs is 1. The molecule has 4 aromatic rings. The summed E-state index contributed by atoms with van der Waals surface area (Å²) in [5.74, 6) is 1.25. The van der Waals surface area contributed by atoms with E-state index >= 15 is 0 Å². The van der Waals surface area contributed by atoms with E-state index in [0.29, 0.717) is 16.5 Å². The van der Waals surface area contributed by atoms with Crippen LogP contribution in [0.4, 0.5) is 30.4 Å². The average molecular weight is 461 g/mol. The summed E-state index contributed by atoms with van der Waals surface area (Å²) in [4.78, 5) is 11.9. The van der Waals surface area contributed by atoms with Crippen LogP contribution in [0.3, 0.4) is 0 Å². The molecule has 2 heterocycles. The Labute approximate surface area is 183 Å². The van der Waals surface area contributed by atoms with Gasteiger partial charge in [0.05, 0.1) is 16.8 Å². The molecule has 0 bridgehead atoms. The molecule has 1 unspecified atom stereocenters. The van der Waals surface area contributed by atoms with Gasteiger partial charge >= 0.3 is 6.18 Å². The molecule has 0 fully saturated rings. The Morgan fingerprint density at radius 3 is 2.58 bits per heavy atom. The van der Waals surface area contributed by atoms with Crippen LogP contribution in [0, 0.1) is 0 Å².